The molecule has 1 aliphatic carbocycles. The fourth-order valence-corrected chi connectivity index (χ4v) is 2.51. The summed E-state index contributed by atoms with van der Waals surface area (Å²) in [5, 5.41) is 3.41. The van der Waals surface area contributed by atoms with Crippen molar-refractivity contribution in [2.45, 2.75) is 44.7 Å². The summed E-state index contributed by atoms with van der Waals surface area (Å²) in [6, 6.07) is 1.93. The molecule has 1 fully saturated rings. The predicted octanol–water partition coefficient (Wildman–Crippen LogP) is 2.14. The zero-order chi connectivity index (χ0) is 13.0. The van der Waals surface area contributed by atoms with Crippen molar-refractivity contribution < 1.29 is 9.53 Å². The molecule has 1 aliphatic rings. The highest BCUT2D eigenvalue weighted by molar-refractivity contribution is 5.78. The molecule has 0 amide bonds. The molecule has 1 aromatic rings. The van der Waals surface area contributed by atoms with Crippen LogP contribution < -0.4 is 5.32 Å². The molecule has 4 nitrogen and oxygen atoms in total. The summed E-state index contributed by atoms with van der Waals surface area (Å²) >= 11 is 0. The van der Waals surface area contributed by atoms with E-state index in [9.17, 15) is 4.79 Å². The van der Waals surface area contributed by atoms with E-state index in [2.05, 4.69) is 10.3 Å². The number of hydrogen-bond acceptors (Lipinski definition) is 4. The normalized spacial score (nSPS) is 17.7. The molecule has 0 aromatic carbocycles. The highest BCUT2D eigenvalue weighted by Gasteiger charge is 2.27. The lowest BCUT2D eigenvalue weighted by Crippen LogP contribution is -2.36. The van der Waals surface area contributed by atoms with Crippen molar-refractivity contribution >= 4 is 5.97 Å². The van der Waals surface area contributed by atoms with E-state index in [0.717, 1.165) is 24.0 Å². The van der Waals surface area contributed by atoms with Gasteiger partial charge in [-0.2, -0.15) is 0 Å². The molecule has 0 radical (unpaired) electrons. The maximum atomic E-state index is 11.9. The number of aryl methyl sites for hydroxylation is 1. The Balaban J connectivity index is 2.19. The second kappa shape index (κ2) is 5.96. The van der Waals surface area contributed by atoms with E-state index < -0.39 is 6.04 Å². The zero-order valence-corrected chi connectivity index (χ0v) is 11.0. The standard InChI is InChI=1S/C14H20N2O2/c1-10-7-8-15-9-12(10)13(14(17)18-2)16-11-5-3-4-6-11/h7-9,11,13,16H,3-6H2,1-2H3. The fourth-order valence-electron chi connectivity index (χ4n) is 2.51. The monoisotopic (exact) mass is 248 g/mol. The average molecular weight is 248 g/mol. The van der Waals surface area contributed by atoms with E-state index in [0.29, 0.717) is 6.04 Å². The Labute approximate surface area is 108 Å². The van der Waals surface area contributed by atoms with E-state index in [1.807, 2.05) is 13.0 Å². The molecule has 1 atom stereocenters. The number of hydrogen-bond donors (Lipinski definition) is 1. The molecular formula is C14H20N2O2. The SMILES string of the molecule is COC(=O)C(NC1CCCC1)c1cnccc1C. The van der Waals surface area contributed by atoms with Gasteiger partial charge < -0.3 is 4.74 Å². The Kier molecular flexibility index (Phi) is 4.31. The van der Waals surface area contributed by atoms with Crippen LogP contribution in [0.15, 0.2) is 18.5 Å². The molecule has 0 bridgehead atoms. The van der Waals surface area contributed by atoms with Crippen molar-refractivity contribution in [3.05, 3.63) is 29.6 Å². The fraction of sp³-hybridized carbons (Fsp3) is 0.571. The van der Waals surface area contributed by atoms with Crippen molar-refractivity contribution in [3.8, 4) is 0 Å². The summed E-state index contributed by atoms with van der Waals surface area (Å²) in [6.45, 7) is 1.99. The van der Waals surface area contributed by atoms with Crippen molar-refractivity contribution in [2.75, 3.05) is 7.11 Å². The lowest BCUT2D eigenvalue weighted by molar-refractivity contribution is -0.143. The summed E-state index contributed by atoms with van der Waals surface area (Å²) in [4.78, 5) is 16.0. The van der Waals surface area contributed by atoms with Gasteiger partial charge in [0.15, 0.2) is 0 Å². The van der Waals surface area contributed by atoms with Gasteiger partial charge in [-0.3, -0.25) is 10.3 Å². The summed E-state index contributed by atoms with van der Waals surface area (Å²) in [7, 11) is 1.43. The van der Waals surface area contributed by atoms with Gasteiger partial charge >= 0.3 is 5.97 Å². The summed E-state index contributed by atoms with van der Waals surface area (Å²) in [5.41, 5.74) is 1.97. The minimum Gasteiger partial charge on any atom is -0.468 e. The van der Waals surface area contributed by atoms with Crippen LogP contribution in [0.2, 0.25) is 0 Å². The van der Waals surface area contributed by atoms with Gasteiger partial charge in [0.1, 0.15) is 6.04 Å². The Hall–Kier alpha value is -1.42. The average Bonchev–Trinajstić information content (AvgIpc) is 2.89. The van der Waals surface area contributed by atoms with E-state index in [-0.39, 0.29) is 5.97 Å². The van der Waals surface area contributed by atoms with Gasteiger partial charge in [0.25, 0.3) is 0 Å². The van der Waals surface area contributed by atoms with Crippen molar-refractivity contribution in [1.29, 1.82) is 0 Å². The van der Waals surface area contributed by atoms with Crippen LogP contribution >= 0.6 is 0 Å². The van der Waals surface area contributed by atoms with Gasteiger partial charge in [0, 0.05) is 24.0 Å². The molecule has 0 saturated heterocycles. The van der Waals surface area contributed by atoms with E-state index in [1.54, 1.807) is 12.4 Å². The second-order valence-electron chi connectivity index (χ2n) is 4.84. The molecule has 1 heterocycles. The number of esters is 1. The van der Waals surface area contributed by atoms with Crippen LogP contribution in [0.4, 0.5) is 0 Å². The van der Waals surface area contributed by atoms with Crippen LogP contribution in [-0.2, 0) is 9.53 Å². The lowest BCUT2D eigenvalue weighted by Gasteiger charge is -2.22. The number of carbonyl (C=O) groups excluding carboxylic acids is 1. The van der Waals surface area contributed by atoms with Gasteiger partial charge in [-0.05, 0) is 31.4 Å². The Morgan fingerprint density at radius 3 is 2.83 bits per heavy atom. The van der Waals surface area contributed by atoms with Crippen LogP contribution in [0, 0.1) is 6.92 Å². The van der Waals surface area contributed by atoms with Crippen molar-refractivity contribution in [2.24, 2.45) is 0 Å². The van der Waals surface area contributed by atoms with Gasteiger partial charge in [-0.1, -0.05) is 12.8 Å². The predicted molar refractivity (Wildman–Crippen MR) is 69.1 cm³/mol. The molecule has 98 valence electrons. The van der Waals surface area contributed by atoms with Gasteiger partial charge in [0.2, 0.25) is 0 Å². The van der Waals surface area contributed by atoms with Crippen LogP contribution in [0.25, 0.3) is 0 Å². The molecule has 1 saturated carbocycles. The van der Waals surface area contributed by atoms with Gasteiger partial charge in [0.05, 0.1) is 7.11 Å². The number of nitrogens with one attached hydrogen (secondary N) is 1. The molecule has 0 spiro atoms. The highest BCUT2D eigenvalue weighted by Crippen LogP contribution is 2.24. The number of aromatic nitrogens is 1. The first kappa shape index (κ1) is 13.0. The summed E-state index contributed by atoms with van der Waals surface area (Å²) in [6.07, 6.45) is 8.22. The van der Waals surface area contributed by atoms with Gasteiger partial charge in [-0.15, -0.1) is 0 Å². The molecule has 1 unspecified atom stereocenters. The molecule has 18 heavy (non-hydrogen) atoms. The molecule has 1 aromatic heterocycles. The molecular weight excluding hydrogens is 228 g/mol. The highest BCUT2D eigenvalue weighted by atomic mass is 16.5. The lowest BCUT2D eigenvalue weighted by atomic mass is 10.0. The number of nitrogens with zero attached hydrogens (tertiary/aromatic N) is 1. The number of methoxy groups -OCH3 is 1. The Morgan fingerprint density at radius 1 is 1.50 bits per heavy atom. The minimum atomic E-state index is -0.396. The number of carbonyl (C=O) groups is 1. The Morgan fingerprint density at radius 2 is 2.22 bits per heavy atom. The van der Waals surface area contributed by atoms with E-state index in [1.165, 1.54) is 20.0 Å². The third-order valence-corrected chi connectivity index (χ3v) is 3.58. The molecule has 0 aliphatic heterocycles. The smallest absolute Gasteiger partial charge is 0.327 e. The summed E-state index contributed by atoms with van der Waals surface area (Å²) < 4.78 is 4.90. The minimum absolute atomic E-state index is 0.238. The maximum Gasteiger partial charge on any atom is 0.327 e. The van der Waals surface area contributed by atoms with Crippen LogP contribution in [0.5, 0.6) is 0 Å². The van der Waals surface area contributed by atoms with Crippen LogP contribution in [0.3, 0.4) is 0 Å². The van der Waals surface area contributed by atoms with Crippen LogP contribution in [-0.4, -0.2) is 24.1 Å². The first-order valence-electron chi connectivity index (χ1n) is 6.46. The second-order valence-corrected chi connectivity index (χ2v) is 4.84. The molecule has 2 rings (SSSR count). The topological polar surface area (TPSA) is 51.2 Å². The number of pyridine rings is 1. The maximum absolute atomic E-state index is 11.9. The quantitative estimate of drug-likeness (QED) is 0.829. The van der Waals surface area contributed by atoms with Gasteiger partial charge in [-0.25, -0.2) is 4.79 Å². The first-order valence-corrected chi connectivity index (χ1v) is 6.46. The van der Waals surface area contributed by atoms with E-state index in [4.69, 9.17) is 4.74 Å². The van der Waals surface area contributed by atoms with Crippen molar-refractivity contribution in [1.82, 2.24) is 10.3 Å². The number of ether oxygens (including phenoxy) is 1. The third-order valence-electron chi connectivity index (χ3n) is 3.58. The zero-order valence-electron chi connectivity index (χ0n) is 11.0. The number of rotatable bonds is 4. The largest absolute Gasteiger partial charge is 0.468 e. The van der Waals surface area contributed by atoms with E-state index >= 15 is 0 Å². The molecule has 4 heteroatoms. The van der Waals surface area contributed by atoms with Crippen molar-refractivity contribution in [3.63, 3.8) is 0 Å². The summed E-state index contributed by atoms with van der Waals surface area (Å²) in [5.74, 6) is -0.238. The van der Waals surface area contributed by atoms with Crippen LogP contribution in [0.1, 0.15) is 42.9 Å². The first-order chi connectivity index (χ1) is 8.72. The Bertz CT molecular complexity index is 414. The third kappa shape index (κ3) is 2.88. The molecule has 1 N–H and O–H groups in total.